The number of sulfone groups is 1. The van der Waals surface area contributed by atoms with Crippen LogP contribution in [0.4, 0.5) is 4.39 Å². The van der Waals surface area contributed by atoms with E-state index in [4.69, 9.17) is 11.6 Å². The lowest BCUT2D eigenvalue weighted by atomic mass is 10.3. The van der Waals surface area contributed by atoms with Crippen molar-refractivity contribution in [2.45, 2.75) is 9.79 Å². The van der Waals surface area contributed by atoms with Crippen LogP contribution in [0, 0.1) is 5.82 Å². The molecule has 0 unspecified atom stereocenters. The molecule has 2 nitrogen and oxygen atoms in total. The molecule has 0 spiro atoms. The van der Waals surface area contributed by atoms with Crippen LogP contribution in [-0.2, 0) is 9.84 Å². The van der Waals surface area contributed by atoms with E-state index in [2.05, 4.69) is 0 Å². The molecule has 0 aromatic heterocycles. The van der Waals surface area contributed by atoms with Crippen LogP contribution < -0.4 is 0 Å². The van der Waals surface area contributed by atoms with Crippen molar-refractivity contribution in [3.63, 3.8) is 0 Å². The van der Waals surface area contributed by atoms with Gasteiger partial charge in [-0.1, -0.05) is 29.8 Å². The highest BCUT2D eigenvalue weighted by Gasteiger charge is 2.18. The first-order valence-corrected chi connectivity index (χ1v) is 6.63. The van der Waals surface area contributed by atoms with E-state index >= 15 is 0 Å². The second-order valence-corrected chi connectivity index (χ2v) is 5.75. The summed E-state index contributed by atoms with van der Waals surface area (Å²) < 4.78 is 37.2. The van der Waals surface area contributed by atoms with E-state index in [1.54, 1.807) is 18.2 Å². The lowest BCUT2D eigenvalue weighted by Gasteiger charge is -2.05. The molecular formula is C12H8ClFO2S. The first kappa shape index (κ1) is 12.1. The highest BCUT2D eigenvalue weighted by molar-refractivity contribution is 7.91. The van der Waals surface area contributed by atoms with Crippen LogP contribution in [0.15, 0.2) is 58.3 Å². The molecule has 0 radical (unpaired) electrons. The van der Waals surface area contributed by atoms with Crippen LogP contribution in [0.25, 0.3) is 0 Å². The van der Waals surface area contributed by atoms with Gasteiger partial charge in [-0.05, 0) is 30.3 Å². The molecule has 0 N–H and O–H groups in total. The van der Waals surface area contributed by atoms with Gasteiger partial charge >= 0.3 is 0 Å². The molecule has 2 rings (SSSR count). The average molecular weight is 271 g/mol. The normalized spacial score (nSPS) is 11.4. The van der Waals surface area contributed by atoms with Crippen LogP contribution in [0.3, 0.4) is 0 Å². The van der Waals surface area contributed by atoms with Crippen molar-refractivity contribution >= 4 is 21.4 Å². The Morgan fingerprint density at radius 2 is 1.59 bits per heavy atom. The van der Waals surface area contributed by atoms with Gasteiger partial charge in [-0.2, -0.15) is 0 Å². The van der Waals surface area contributed by atoms with E-state index in [9.17, 15) is 12.8 Å². The highest BCUT2D eigenvalue weighted by atomic mass is 35.5. The van der Waals surface area contributed by atoms with Gasteiger partial charge < -0.3 is 0 Å². The van der Waals surface area contributed by atoms with E-state index < -0.39 is 15.7 Å². The number of hydrogen-bond acceptors (Lipinski definition) is 2. The van der Waals surface area contributed by atoms with Gasteiger partial charge in [0.1, 0.15) is 5.82 Å². The molecule has 0 heterocycles. The summed E-state index contributed by atoms with van der Waals surface area (Å²) in [6.45, 7) is 0. The summed E-state index contributed by atoms with van der Waals surface area (Å²) in [6.07, 6.45) is 0. The Morgan fingerprint density at radius 1 is 0.941 bits per heavy atom. The second-order valence-electron chi connectivity index (χ2n) is 3.39. The maximum absolute atomic E-state index is 13.0. The summed E-state index contributed by atoms with van der Waals surface area (Å²) >= 11 is 5.57. The first-order valence-electron chi connectivity index (χ1n) is 4.77. The molecule has 0 amide bonds. The van der Waals surface area contributed by atoms with Crippen LogP contribution >= 0.6 is 11.6 Å². The van der Waals surface area contributed by atoms with Crippen molar-refractivity contribution in [2.75, 3.05) is 0 Å². The Bertz CT molecular complexity index is 639. The molecule has 0 fully saturated rings. The van der Waals surface area contributed by atoms with E-state index in [1.165, 1.54) is 18.2 Å². The third-order valence-corrected chi connectivity index (χ3v) is 4.31. The summed E-state index contributed by atoms with van der Waals surface area (Å²) in [6, 6.07) is 11.3. The van der Waals surface area contributed by atoms with E-state index in [0.29, 0.717) is 0 Å². The zero-order chi connectivity index (χ0) is 12.5. The van der Waals surface area contributed by atoms with Crippen molar-refractivity contribution in [1.29, 1.82) is 0 Å². The third-order valence-electron chi connectivity index (χ3n) is 2.25. The molecule has 5 heteroatoms. The third kappa shape index (κ3) is 2.33. The summed E-state index contributed by atoms with van der Waals surface area (Å²) in [4.78, 5) is 0.137. The van der Waals surface area contributed by atoms with Crippen molar-refractivity contribution in [3.05, 3.63) is 59.4 Å². The minimum atomic E-state index is -3.63. The van der Waals surface area contributed by atoms with Gasteiger partial charge in [0.05, 0.1) is 14.8 Å². The fourth-order valence-electron chi connectivity index (χ4n) is 1.38. The fraction of sp³-hybridized carbons (Fsp3) is 0. The summed E-state index contributed by atoms with van der Waals surface area (Å²) in [7, 11) is -3.63. The zero-order valence-electron chi connectivity index (χ0n) is 8.60. The molecule has 2 aromatic rings. The molecule has 88 valence electrons. The van der Waals surface area contributed by atoms with E-state index in [1.807, 2.05) is 0 Å². The van der Waals surface area contributed by atoms with E-state index in [0.717, 1.165) is 12.1 Å². The largest absolute Gasteiger partial charge is 0.219 e. The van der Waals surface area contributed by atoms with Gasteiger partial charge in [0.15, 0.2) is 0 Å². The van der Waals surface area contributed by atoms with Gasteiger partial charge in [-0.3, -0.25) is 0 Å². The average Bonchev–Trinajstić information content (AvgIpc) is 2.33. The Kier molecular flexibility index (Phi) is 3.17. The molecule has 0 saturated carbocycles. The molecule has 17 heavy (non-hydrogen) atoms. The lowest BCUT2D eigenvalue weighted by Crippen LogP contribution is -2.01. The van der Waals surface area contributed by atoms with Gasteiger partial charge in [-0.25, -0.2) is 12.8 Å². The topological polar surface area (TPSA) is 34.1 Å². The minimum Gasteiger partial charge on any atom is -0.219 e. The van der Waals surface area contributed by atoms with Crippen LogP contribution in [-0.4, -0.2) is 8.42 Å². The van der Waals surface area contributed by atoms with E-state index in [-0.39, 0.29) is 14.8 Å². The van der Waals surface area contributed by atoms with Crippen molar-refractivity contribution in [1.82, 2.24) is 0 Å². The van der Waals surface area contributed by atoms with Gasteiger partial charge in [-0.15, -0.1) is 0 Å². The van der Waals surface area contributed by atoms with Gasteiger partial charge in [0.2, 0.25) is 9.84 Å². The summed E-state index contributed by atoms with van der Waals surface area (Å²) in [5, 5.41) is -0.206. The monoisotopic (exact) mass is 270 g/mol. The standard InChI is InChI=1S/C12H8ClFO2S/c13-11-8-10(6-7-12(11)14)17(15,16)9-4-2-1-3-5-9/h1-8H. The maximum atomic E-state index is 13.0. The van der Waals surface area contributed by atoms with Crippen molar-refractivity contribution in [3.8, 4) is 0 Å². The Labute approximate surface area is 104 Å². The molecule has 0 aliphatic carbocycles. The highest BCUT2D eigenvalue weighted by Crippen LogP contribution is 2.24. The van der Waals surface area contributed by atoms with Crippen LogP contribution in [0.1, 0.15) is 0 Å². The molecule has 0 saturated heterocycles. The van der Waals surface area contributed by atoms with Crippen molar-refractivity contribution in [2.24, 2.45) is 0 Å². The predicted octanol–water partition coefficient (Wildman–Crippen LogP) is 3.31. The smallest absolute Gasteiger partial charge is 0.206 e. The lowest BCUT2D eigenvalue weighted by molar-refractivity contribution is 0.595. The molecule has 0 aliphatic rings. The molecule has 0 bridgehead atoms. The molecule has 0 atom stereocenters. The molecular weight excluding hydrogens is 263 g/mol. The van der Waals surface area contributed by atoms with Crippen LogP contribution in [0.5, 0.6) is 0 Å². The summed E-state index contributed by atoms with van der Waals surface area (Å²) in [5.41, 5.74) is 0. The summed E-state index contributed by atoms with van der Waals surface area (Å²) in [5.74, 6) is -0.640. The SMILES string of the molecule is O=S(=O)(c1ccccc1)c1ccc(F)c(Cl)c1. The Morgan fingerprint density at radius 3 is 2.18 bits per heavy atom. The van der Waals surface area contributed by atoms with Crippen molar-refractivity contribution < 1.29 is 12.8 Å². The predicted molar refractivity (Wildman–Crippen MR) is 63.3 cm³/mol. The van der Waals surface area contributed by atoms with Crippen LogP contribution in [0.2, 0.25) is 5.02 Å². The molecule has 2 aromatic carbocycles. The molecule has 0 aliphatic heterocycles. The fourth-order valence-corrected chi connectivity index (χ4v) is 2.93. The Balaban J connectivity index is 2.57. The minimum absolute atomic E-state index is 0.0184. The van der Waals surface area contributed by atoms with Gasteiger partial charge in [0.25, 0.3) is 0 Å². The first-order chi connectivity index (χ1) is 8.01. The number of benzene rings is 2. The quantitative estimate of drug-likeness (QED) is 0.785. The number of halogens is 2. The second kappa shape index (κ2) is 4.47. The number of rotatable bonds is 2. The maximum Gasteiger partial charge on any atom is 0.206 e. The number of hydrogen-bond donors (Lipinski definition) is 0. The zero-order valence-corrected chi connectivity index (χ0v) is 10.2. The van der Waals surface area contributed by atoms with Gasteiger partial charge in [0, 0.05) is 0 Å². The Hall–Kier alpha value is -1.39.